The van der Waals surface area contributed by atoms with Crippen LogP contribution in [-0.4, -0.2) is 4.57 Å². The number of fused-ring (bicyclic) bond motifs is 11. The number of nitrogens with zero attached hydrogens (tertiary/aromatic N) is 2. The Labute approximate surface area is 359 Å². The van der Waals surface area contributed by atoms with Crippen LogP contribution in [0.2, 0.25) is 0 Å². The molecular formula is C59H38N2O. The summed E-state index contributed by atoms with van der Waals surface area (Å²) in [5, 5.41) is 6.96. The lowest BCUT2D eigenvalue weighted by Gasteiger charge is -2.34. The fourth-order valence-corrected chi connectivity index (χ4v) is 10.7. The Morgan fingerprint density at radius 2 is 0.919 bits per heavy atom. The first-order valence-corrected chi connectivity index (χ1v) is 21.4. The molecular weight excluding hydrogens is 753 g/mol. The van der Waals surface area contributed by atoms with Gasteiger partial charge in [0.05, 0.1) is 27.8 Å². The molecule has 0 spiro atoms. The van der Waals surface area contributed by atoms with Gasteiger partial charge in [-0.25, -0.2) is 0 Å². The van der Waals surface area contributed by atoms with Crippen molar-refractivity contribution in [1.29, 1.82) is 0 Å². The van der Waals surface area contributed by atoms with E-state index in [0.29, 0.717) is 0 Å². The summed E-state index contributed by atoms with van der Waals surface area (Å²) < 4.78 is 9.51. The largest absolute Gasteiger partial charge is 0.453 e. The van der Waals surface area contributed by atoms with E-state index in [0.717, 1.165) is 55.5 Å². The molecule has 10 aromatic carbocycles. The molecule has 0 aliphatic heterocycles. The molecule has 3 heteroatoms. The van der Waals surface area contributed by atoms with Gasteiger partial charge in [0.2, 0.25) is 0 Å². The first-order valence-electron chi connectivity index (χ1n) is 21.4. The maximum atomic E-state index is 7.12. The number of hydrogen-bond donors (Lipinski definition) is 0. The van der Waals surface area contributed by atoms with Crippen molar-refractivity contribution in [3.05, 3.63) is 253 Å². The van der Waals surface area contributed by atoms with Crippen molar-refractivity contribution in [2.45, 2.75) is 5.41 Å². The number of benzene rings is 10. The molecule has 13 rings (SSSR count). The van der Waals surface area contributed by atoms with E-state index in [1.54, 1.807) is 0 Å². The summed E-state index contributed by atoms with van der Waals surface area (Å²) in [6, 6.07) is 83.9. The first kappa shape index (κ1) is 34.7. The highest BCUT2D eigenvalue weighted by atomic mass is 16.3. The minimum atomic E-state index is -0.541. The summed E-state index contributed by atoms with van der Waals surface area (Å²) in [4.78, 5) is 2.43. The Balaban J connectivity index is 1.10. The summed E-state index contributed by atoms with van der Waals surface area (Å²) in [6.45, 7) is 0. The maximum absolute atomic E-state index is 7.12. The van der Waals surface area contributed by atoms with E-state index < -0.39 is 5.41 Å². The van der Waals surface area contributed by atoms with Crippen molar-refractivity contribution in [3.63, 3.8) is 0 Å². The first-order chi connectivity index (χ1) is 30.8. The van der Waals surface area contributed by atoms with Gasteiger partial charge < -0.3 is 13.9 Å². The van der Waals surface area contributed by atoms with E-state index in [2.05, 4.69) is 240 Å². The van der Waals surface area contributed by atoms with Crippen LogP contribution >= 0.6 is 0 Å². The molecule has 0 saturated carbocycles. The quantitative estimate of drug-likeness (QED) is 0.167. The van der Waals surface area contributed by atoms with E-state index in [9.17, 15) is 0 Å². The van der Waals surface area contributed by atoms with Gasteiger partial charge in [-0.1, -0.05) is 176 Å². The van der Waals surface area contributed by atoms with E-state index in [1.165, 1.54) is 55.2 Å². The second kappa shape index (κ2) is 13.4. The lowest BCUT2D eigenvalue weighted by atomic mass is 9.68. The lowest BCUT2D eigenvalue weighted by molar-refractivity contribution is 0.673. The van der Waals surface area contributed by atoms with Crippen LogP contribution < -0.4 is 4.90 Å². The summed E-state index contributed by atoms with van der Waals surface area (Å²) >= 11 is 0. The van der Waals surface area contributed by atoms with Crippen LogP contribution in [0.25, 0.3) is 71.3 Å². The van der Waals surface area contributed by atoms with E-state index >= 15 is 0 Å². The standard InChI is InChI=1S/C59H38N2O/c1-3-18-40(19-4-1)59(41-20-5-2-6-21-41)50-27-12-9-25-49(50)56-51(59)28-16-31-54(56)61(55-32-15-26-47-48-38-33-39-17-7-8-22-44(39)57(48)62-58(47)55)43-36-34-42(35-37-43)60-52-29-13-10-23-45(52)46-24-11-14-30-53(46)60/h1-38H. The van der Waals surface area contributed by atoms with Crippen LogP contribution in [0.4, 0.5) is 17.1 Å². The highest BCUT2D eigenvalue weighted by Crippen LogP contribution is 2.60. The molecule has 0 unspecified atom stereocenters. The third-order valence-corrected chi connectivity index (χ3v) is 13.3. The van der Waals surface area contributed by atoms with Crippen molar-refractivity contribution >= 4 is 71.6 Å². The van der Waals surface area contributed by atoms with Crippen molar-refractivity contribution in [3.8, 4) is 16.8 Å². The van der Waals surface area contributed by atoms with E-state index in [4.69, 9.17) is 4.42 Å². The third-order valence-electron chi connectivity index (χ3n) is 13.3. The Kier molecular flexibility index (Phi) is 7.52. The molecule has 0 amide bonds. The van der Waals surface area contributed by atoms with Crippen LogP contribution in [0.5, 0.6) is 0 Å². The molecule has 0 N–H and O–H groups in total. The predicted octanol–water partition coefficient (Wildman–Crippen LogP) is 15.7. The summed E-state index contributed by atoms with van der Waals surface area (Å²) in [5.74, 6) is 0. The maximum Gasteiger partial charge on any atom is 0.159 e. The van der Waals surface area contributed by atoms with Crippen LogP contribution in [0, 0.1) is 0 Å². The Hall–Kier alpha value is -8.14. The average molecular weight is 791 g/mol. The van der Waals surface area contributed by atoms with Crippen LogP contribution in [0.3, 0.4) is 0 Å². The molecule has 2 aromatic heterocycles. The molecule has 2 heterocycles. The van der Waals surface area contributed by atoms with Gasteiger partial charge in [0.1, 0.15) is 5.58 Å². The molecule has 0 atom stereocenters. The van der Waals surface area contributed by atoms with Gasteiger partial charge in [0, 0.05) is 43.9 Å². The van der Waals surface area contributed by atoms with Gasteiger partial charge in [0.25, 0.3) is 0 Å². The smallest absolute Gasteiger partial charge is 0.159 e. The van der Waals surface area contributed by atoms with Crippen LogP contribution in [0.1, 0.15) is 22.3 Å². The number of aromatic nitrogens is 1. The van der Waals surface area contributed by atoms with Crippen molar-refractivity contribution in [2.24, 2.45) is 0 Å². The highest BCUT2D eigenvalue weighted by molar-refractivity contribution is 6.18. The minimum absolute atomic E-state index is 0.541. The van der Waals surface area contributed by atoms with Gasteiger partial charge in [-0.2, -0.15) is 0 Å². The molecule has 0 saturated heterocycles. The Morgan fingerprint density at radius 1 is 0.371 bits per heavy atom. The highest BCUT2D eigenvalue weighted by Gasteiger charge is 2.47. The zero-order chi connectivity index (χ0) is 40.8. The monoisotopic (exact) mass is 790 g/mol. The molecule has 3 nitrogen and oxygen atoms in total. The SMILES string of the molecule is c1ccc(C2(c3ccccc3)c3ccccc3-c3c(N(c4ccc(-n5c6ccccc6c6ccccc65)cc4)c4cccc5c4oc4c6ccccc6ccc54)cccc32)cc1. The number of furan rings is 1. The second-order valence-corrected chi connectivity index (χ2v) is 16.4. The number of anilines is 3. The van der Waals surface area contributed by atoms with Gasteiger partial charge in [-0.3, -0.25) is 0 Å². The molecule has 0 fully saturated rings. The third kappa shape index (κ3) is 4.82. The van der Waals surface area contributed by atoms with Gasteiger partial charge in [-0.15, -0.1) is 0 Å². The lowest BCUT2D eigenvalue weighted by Crippen LogP contribution is -2.28. The molecule has 0 bridgehead atoms. The fraction of sp³-hybridized carbons (Fsp3) is 0.0169. The number of hydrogen-bond acceptors (Lipinski definition) is 2. The predicted molar refractivity (Wildman–Crippen MR) is 258 cm³/mol. The van der Waals surface area contributed by atoms with Crippen molar-refractivity contribution in [2.75, 3.05) is 4.90 Å². The molecule has 1 aliphatic rings. The molecule has 62 heavy (non-hydrogen) atoms. The van der Waals surface area contributed by atoms with Crippen molar-refractivity contribution < 1.29 is 4.42 Å². The van der Waals surface area contributed by atoms with E-state index in [1.807, 2.05) is 0 Å². The summed E-state index contributed by atoms with van der Waals surface area (Å²) in [7, 11) is 0. The van der Waals surface area contributed by atoms with Crippen LogP contribution in [-0.2, 0) is 5.41 Å². The van der Waals surface area contributed by atoms with Gasteiger partial charge >= 0.3 is 0 Å². The zero-order valence-electron chi connectivity index (χ0n) is 33.7. The number of rotatable bonds is 6. The molecule has 1 aliphatic carbocycles. The van der Waals surface area contributed by atoms with E-state index in [-0.39, 0.29) is 0 Å². The zero-order valence-corrected chi connectivity index (χ0v) is 33.7. The van der Waals surface area contributed by atoms with Gasteiger partial charge in [-0.05, 0) is 87.8 Å². The van der Waals surface area contributed by atoms with Gasteiger partial charge in [0.15, 0.2) is 5.58 Å². The fourth-order valence-electron chi connectivity index (χ4n) is 10.7. The Morgan fingerprint density at radius 3 is 1.65 bits per heavy atom. The second-order valence-electron chi connectivity index (χ2n) is 16.4. The number of para-hydroxylation sites is 3. The summed E-state index contributed by atoms with van der Waals surface area (Å²) in [6.07, 6.45) is 0. The molecule has 290 valence electrons. The Bertz CT molecular complexity index is 3600. The topological polar surface area (TPSA) is 21.3 Å². The molecule has 12 aromatic rings. The average Bonchev–Trinajstić information content (AvgIpc) is 4.00. The molecule has 0 radical (unpaired) electrons. The van der Waals surface area contributed by atoms with Crippen molar-refractivity contribution in [1.82, 2.24) is 4.57 Å². The normalized spacial score (nSPS) is 13.0. The minimum Gasteiger partial charge on any atom is -0.453 e. The summed E-state index contributed by atoms with van der Waals surface area (Å²) in [5.41, 5.74) is 15.2. The van der Waals surface area contributed by atoms with Crippen LogP contribution in [0.15, 0.2) is 235 Å².